The first kappa shape index (κ1) is 16.9. The number of benzene rings is 2. The number of hydrogen-bond acceptors (Lipinski definition) is 4. The minimum absolute atomic E-state index is 0.0692. The Labute approximate surface area is 156 Å². The van der Waals surface area contributed by atoms with Crippen molar-refractivity contribution < 1.29 is 4.39 Å². The van der Waals surface area contributed by atoms with Crippen molar-refractivity contribution in [3.63, 3.8) is 0 Å². The highest BCUT2D eigenvalue weighted by Crippen LogP contribution is 2.28. The number of nitrogens with zero attached hydrogens (tertiary/aromatic N) is 3. The van der Waals surface area contributed by atoms with E-state index in [9.17, 15) is 4.39 Å². The Hall–Kier alpha value is -3.54. The fourth-order valence-electron chi connectivity index (χ4n) is 2.90. The molecule has 134 valence electrons. The van der Waals surface area contributed by atoms with Gasteiger partial charge in [-0.25, -0.2) is 19.3 Å². The van der Waals surface area contributed by atoms with Crippen molar-refractivity contribution in [1.29, 1.82) is 0 Å². The molecule has 0 radical (unpaired) electrons. The van der Waals surface area contributed by atoms with Crippen LogP contribution in [0, 0.1) is 5.82 Å². The van der Waals surface area contributed by atoms with E-state index in [0.29, 0.717) is 11.6 Å². The van der Waals surface area contributed by atoms with Gasteiger partial charge in [-0.15, -0.1) is 0 Å². The maximum absolute atomic E-state index is 13.2. The Balaban J connectivity index is 1.62. The van der Waals surface area contributed by atoms with Gasteiger partial charge >= 0.3 is 0 Å². The van der Waals surface area contributed by atoms with Gasteiger partial charge in [-0.1, -0.05) is 30.3 Å². The second kappa shape index (κ2) is 7.37. The SMILES string of the molecule is CC(Nc1nccc(-c2[nH]cnc2-c2ccc(F)cc2)n1)c1ccccc1. The first-order chi connectivity index (χ1) is 13.2. The first-order valence-corrected chi connectivity index (χ1v) is 8.65. The standard InChI is InChI=1S/C21H18FN5/c1-14(15-5-3-2-4-6-15)26-21-23-12-11-18(27-21)20-19(24-13-25-20)16-7-9-17(22)10-8-16/h2-14H,1H3,(H,24,25)(H,23,26,27). The molecule has 0 saturated heterocycles. The first-order valence-electron chi connectivity index (χ1n) is 8.65. The number of H-pyrrole nitrogens is 1. The third-order valence-corrected chi connectivity index (χ3v) is 4.31. The lowest BCUT2D eigenvalue weighted by atomic mass is 10.1. The maximum Gasteiger partial charge on any atom is 0.223 e. The predicted octanol–water partition coefficient (Wildman–Crippen LogP) is 4.85. The Morgan fingerprint density at radius 2 is 1.74 bits per heavy atom. The van der Waals surface area contributed by atoms with Crippen LogP contribution < -0.4 is 5.32 Å². The Morgan fingerprint density at radius 3 is 2.52 bits per heavy atom. The molecule has 1 unspecified atom stereocenters. The minimum Gasteiger partial charge on any atom is -0.348 e. The zero-order valence-electron chi connectivity index (χ0n) is 14.7. The van der Waals surface area contributed by atoms with Gasteiger partial charge in [-0.05, 0) is 42.8 Å². The summed E-state index contributed by atoms with van der Waals surface area (Å²) in [5.74, 6) is 0.253. The van der Waals surface area contributed by atoms with E-state index in [1.807, 2.05) is 24.3 Å². The quantitative estimate of drug-likeness (QED) is 0.535. The average molecular weight is 359 g/mol. The zero-order chi connectivity index (χ0) is 18.6. The highest BCUT2D eigenvalue weighted by molar-refractivity contribution is 5.76. The van der Waals surface area contributed by atoms with Gasteiger partial charge in [-0.3, -0.25) is 0 Å². The monoisotopic (exact) mass is 359 g/mol. The zero-order valence-corrected chi connectivity index (χ0v) is 14.7. The van der Waals surface area contributed by atoms with Crippen molar-refractivity contribution in [1.82, 2.24) is 19.9 Å². The van der Waals surface area contributed by atoms with Gasteiger partial charge < -0.3 is 10.3 Å². The minimum atomic E-state index is -0.278. The van der Waals surface area contributed by atoms with Gasteiger partial charge in [0.15, 0.2) is 0 Å². The summed E-state index contributed by atoms with van der Waals surface area (Å²) in [6.07, 6.45) is 3.31. The van der Waals surface area contributed by atoms with Crippen molar-refractivity contribution in [3.05, 3.63) is 84.6 Å². The van der Waals surface area contributed by atoms with Crippen molar-refractivity contribution in [2.45, 2.75) is 13.0 Å². The average Bonchev–Trinajstić information content (AvgIpc) is 3.19. The number of aromatic amines is 1. The van der Waals surface area contributed by atoms with E-state index in [4.69, 9.17) is 0 Å². The van der Waals surface area contributed by atoms with Gasteiger partial charge in [-0.2, -0.15) is 0 Å². The number of aromatic nitrogens is 4. The van der Waals surface area contributed by atoms with Crippen molar-refractivity contribution in [2.24, 2.45) is 0 Å². The lowest BCUT2D eigenvalue weighted by Gasteiger charge is -2.14. The fourth-order valence-corrected chi connectivity index (χ4v) is 2.90. The molecule has 0 saturated carbocycles. The summed E-state index contributed by atoms with van der Waals surface area (Å²) in [7, 11) is 0. The highest BCUT2D eigenvalue weighted by atomic mass is 19.1. The molecule has 0 spiro atoms. The number of anilines is 1. The van der Waals surface area contributed by atoms with E-state index < -0.39 is 0 Å². The molecule has 2 N–H and O–H groups in total. The van der Waals surface area contributed by atoms with Crippen LogP contribution in [0.25, 0.3) is 22.6 Å². The molecule has 0 fully saturated rings. The highest BCUT2D eigenvalue weighted by Gasteiger charge is 2.13. The maximum atomic E-state index is 13.2. The molecule has 6 heteroatoms. The summed E-state index contributed by atoms with van der Waals surface area (Å²) >= 11 is 0. The van der Waals surface area contributed by atoms with E-state index in [0.717, 1.165) is 22.5 Å². The lowest BCUT2D eigenvalue weighted by Crippen LogP contribution is -2.09. The number of halogens is 1. The summed E-state index contributed by atoms with van der Waals surface area (Å²) in [6, 6.07) is 18.2. The summed E-state index contributed by atoms with van der Waals surface area (Å²) in [5, 5.41) is 3.32. The van der Waals surface area contributed by atoms with Crippen LogP contribution in [0.3, 0.4) is 0 Å². The van der Waals surface area contributed by atoms with Crippen LogP contribution in [0.15, 0.2) is 73.2 Å². The summed E-state index contributed by atoms with van der Waals surface area (Å²) in [6.45, 7) is 2.06. The van der Waals surface area contributed by atoms with E-state index in [1.165, 1.54) is 12.1 Å². The lowest BCUT2D eigenvalue weighted by molar-refractivity contribution is 0.628. The molecule has 0 aliphatic heterocycles. The number of nitrogens with one attached hydrogen (secondary N) is 2. The van der Waals surface area contributed by atoms with Crippen LogP contribution in [0.5, 0.6) is 0 Å². The van der Waals surface area contributed by atoms with Gasteiger partial charge in [0.1, 0.15) is 5.82 Å². The molecule has 2 aromatic heterocycles. The number of hydrogen-bond donors (Lipinski definition) is 2. The number of rotatable bonds is 5. The van der Waals surface area contributed by atoms with Crippen molar-refractivity contribution in [3.8, 4) is 22.6 Å². The smallest absolute Gasteiger partial charge is 0.223 e. The van der Waals surface area contributed by atoms with Crippen LogP contribution in [-0.4, -0.2) is 19.9 Å². The van der Waals surface area contributed by atoms with E-state index in [-0.39, 0.29) is 11.9 Å². The molecule has 2 heterocycles. The second-order valence-electron chi connectivity index (χ2n) is 6.18. The molecule has 0 aliphatic carbocycles. The van der Waals surface area contributed by atoms with E-state index in [1.54, 1.807) is 24.7 Å². The molecule has 4 rings (SSSR count). The third kappa shape index (κ3) is 3.69. The van der Waals surface area contributed by atoms with Crippen LogP contribution >= 0.6 is 0 Å². The molecule has 0 aliphatic rings. The molecule has 0 bridgehead atoms. The molecular weight excluding hydrogens is 341 g/mol. The Kier molecular flexibility index (Phi) is 4.61. The number of imidazole rings is 1. The van der Waals surface area contributed by atoms with Gasteiger partial charge in [0.2, 0.25) is 5.95 Å². The van der Waals surface area contributed by atoms with Crippen molar-refractivity contribution in [2.75, 3.05) is 5.32 Å². The largest absolute Gasteiger partial charge is 0.348 e. The van der Waals surface area contributed by atoms with E-state index >= 15 is 0 Å². The van der Waals surface area contributed by atoms with Crippen LogP contribution in [0.4, 0.5) is 10.3 Å². The third-order valence-electron chi connectivity index (χ3n) is 4.31. The summed E-state index contributed by atoms with van der Waals surface area (Å²) in [4.78, 5) is 16.4. The molecule has 0 amide bonds. The molecule has 27 heavy (non-hydrogen) atoms. The summed E-state index contributed by atoms with van der Waals surface area (Å²) in [5.41, 5.74) is 4.17. The Morgan fingerprint density at radius 1 is 0.963 bits per heavy atom. The van der Waals surface area contributed by atoms with E-state index in [2.05, 4.69) is 44.3 Å². The van der Waals surface area contributed by atoms with Gasteiger partial charge in [0.25, 0.3) is 0 Å². The molecule has 1 atom stereocenters. The predicted molar refractivity (Wildman–Crippen MR) is 103 cm³/mol. The Bertz CT molecular complexity index is 1030. The van der Waals surface area contributed by atoms with Gasteiger partial charge in [0, 0.05) is 11.8 Å². The molecule has 2 aromatic carbocycles. The van der Waals surface area contributed by atoms with Crippen LogP contribution in [0.1, 0.15) is 18.5 Å². The van der Waals surface area contributed by atoms with Crippen molar-refractivity contribution >= 4 is 5.95 Å². The van der Waals surface area contributed by atoms with Crippen LogP contribution in [0.2, 0.25) is 0 Å². The van der Waals surface area contributed by atoms with Crippen LogP contribution in [-0.2, 0) is 0 Å². The fraction of sp³-hybridized carbons (Fsp3) is 0.0952. The summed E-state index contributed by atoms with van der Waals surface area (Å²) < 4.78 is 13.2. The molecule has 5 nitrogen and oxygen atoms in total. The second-order valence-corrected chi connectivity index (χ2v) is 6.18. The topological polar surface area (TPSA) is 66.5 Å². The molecule has 4 aromatic rings. The van der Waals surface area contributed by atoms with Gasteiger partial charge in [0.05, 0.1) is 29.5 Å². The molecular formula is C21H18FN5. The normalized spacial score (nSPS) is 11.9.